The Morgan fingerprint density at radius 1 is 1.61 bits per heavy atom. The minimum Gasteiger partial charge on any atom is -0.357 e. The van der Waals surface area contributed by atoms with Crippen LogP contribution >= 0.6 is 23.1 Å². The van der Waals surface area contributed by atoms with Crippen LogP contribution in [0.15, 0.2) is 17.0 Å². The predicted octanol–water partition coefficient (Wildman–Crippen LogP) is 2.14. The summed E-state index contributed by atoms with van der Waals surface area (Å²) in [5, 5.41) is 14.5. The Balaban J connectivity index is 2.43. The molecule has 1 amide bonds. The molecular formula is C11H18N4OS2. The molecule has 0 aromatic carbocycles. The number of anilines is 1. The Kier molecular flexibility index (Phi) is 6.74. The fraction of sp³-hybridized carbons (Fsp3) is 0.545. The van der Waals surface area contributed by atoms with Crippen LogP contribution in [0.4, 0.5) is 5.13 Å². The molecule has 0 radical (unpaired) electrons. The molecule has 1 aromatic heterocycles. The fourth-order valence-corrected chi connectivity index (χ4v) is 3.01. The second kappa shape index (κ2) is 8.10. The summed E-state index contributed by atoms with van der Waals surface area (Å²) >= 11 is 2.87. The van der Waals surface area contributed by atoms with E-state index in [0.717, 1.165) is 15.9 Å². The Labute approximate surface area is 115 Å². The summed E-state index contributed by atoms with van der Waals surface area (Å²) in [7, 11) is 0. The van der Waals surface area contributed by atoms with Crippen LogP contribution in [0.5, 0.6) is 0 Å². The van der Waals surface area contributed by atoms with Gasteiger partial charge in [-0.1, -0.05) is 36.1 Å². The summed E-state index contributed by atoms with van der Waals surface area (Å²) in [5.74, 6) is 0.0395. The molecule has 0 saturated heterocycles. The third kappa shape index (κ3) is 5.05. The normalized spacial score (nSPS) is 11.9. The van der Waals surface area contributed by atoms with Crippen LogP contribution < -0.4 is 10.6 Å². The van der Waals surface area contributed by atoms with E-state index in [1.807, 2.05) is 13.8 Å². The number of nitrogens with zero attached hydrogens (tertiary/aromatic N) is 2. The van der Waals surface area contributed by atoms with E-state index in [1.165, 1.54) is 23.1 Å². The summed E-state index contributed by atoms with van der Waals surface area (Å²) in [6.45, 7) is 8.89. The molecule has 0 spiro atoms. The maximum atomic E-state index is 11.7. The first-order valence-electron chi connectivity index (χ1n) is 5.80. The van der Waals surface area contributed by atoms with Gasteiger partial charge in [-0.15, -0.1) is 16.8 Å². The molecule has 5 nitrogen and oxygen atoms in total. The molecular weight excluding hydrogens is 268 g/mol. The summed E-state index contributed by atoms with van der Waals surface area (Å²) in [4.78, 5) is 11.7. The third-order valence-electron chi connectivity index (χ3n) is 2.00. The molecule has 0 aliphatic carbocycles. The van der Waals surface area contributed by atoms with Crippen molar-refractivity contribution >= 4 is 34.1 Å². The molecule has 18 heavy (non-hydrogen) atoms. The van der Waals surface area contributed by atoms with Gasteiger partial charge in [0.1, 0.15) is 0 Å². The number of hydrogen-bond acceptors (Lipinski definition) is 6. The average molecular weight is 286 g/mol. The molecule has 2 N–H and O–H groups in total. The quantitative estimate of drug-likeness (QED) is 0.566. The van der Waals surface area contributed by atoms with Gasteiger partial charge in [-0.2, -0.15) is 0 Å². The number of thioether (sulfide) groups is 1. The lowest BCUT2D eigenvalue weighted by molar-refractivity contribution is -0.120. The predicted molar refractivity (Wildman–Crippen MR) is 77.2 cm³/mol. The first-order chi connectivity index (χ1) is 8.67. The third-order valence-corrected chi connectivity index (χ3v) is 4.07. The summed E-state index contributed by atoms with van der Waals surface area (Å²) in [6.07, 6.45) is 2.70. The fourth-order valence-electron chi connectivity index (χ4n) is 1.08. The molecule has 0 saturated carbocycles. The Morgan fingerprint density at radius 2 is 2.39 bits per heavy atom. The van der Waals surface area contributed by atoms with Gasteiger partial charge in [0, 0.05) is 13.1 Å². The highest BCUT2D eigenvalue weighted by Gasteiger charge is 2.16. The molecule has 0 bridgehead atoms. The first kappa shape index (κ1) is 15.0. The number of carbonyl (C=O) groups excluding carboxylic acids is 1. The van der Waals surface area contributed by atoms with E-state index in [9.17, 15) is 4.79 Å². The zero-order chi connectivity index (χ0) is 13.4. The van der Waals surface area contributed by atoms with E-state index in [-0.39, 0.29) is 11.2 Å². The SMILES string of the molecule is C=CCNc1nnc(S[C@H](C)C(=O)NCCC)s1. The highest BCUT2D eigenvalue weighted by atomic mass is 32.2. The van der Waals surface area contributed by atoms with Gasteiger partial charge in [0.05, 0.1) is 5.25 Å². The molecule has 100 valence electrons. The van der Waals surface area contributed by atoms with Gasteiger partial charge in [0.15, 0.2) is 4.34 Å². The standard InChI is InChI=1S/C11H18N4OS2/c1-4-6-12-9(16)8(3)17-11-15-14-10(18-11)13-7-5-2/h5,8H,2,4,6-7H2,1,3H3,(H,12,16)(H,13,14)/t8-/m1/s1. The second-order valence-corrected chi connectivity index (χ2v) is 6.16. The van der Waals surface area contributed by atoms with E-state index in [2.05, 4.69) is 27.4 Å². The number of hydrogen-bond donors (Lipinski definition) is 2. The summed E-state index contributed by atoms with van der Waals surface area (Å²) < 4.78 is 0.792. The van der Waals surface area contributed by atoms with Crippen LogP contribution in [0.3, 0.4) is 0 Å². The van der Waals surface area contributed by atoms with Gasteiger partial charge in [-0.3, -0.25) is 4.79 Å². The van der Waals surface area contributed by atoms with Crippen molar-refractivity contribution in [2.45, 2.75) is 29.9 Å². The number of nitrogens with one attached hydrogen (secondary N) is 2. The highest BCUT2D eigenvalue weighted by molar-refractivity contribution is 8.02. The number of carbonyl (C=O) groups is 1. The first-order valence-corrected chi connectivity index (χ1v) is 7.49. The smallest absolute Gasteiger partial charge is 0.233 e. The maximum absolute atomic E-state index is 11.7. The van der Waals surface area contributed by atoms with Crippen LogP contribution in [-0.2, 0) is 4.79 Å². The summed E-state index contributed by atoms with van der Waals surface area (Å²) in [6, 6.07) is 0. The highest BCUT2D eigenvalue weighted by Crippen LogP contribution is 2.28. The average Bonchev–Trinajstić information content (AvgIpc) is 2.80. The molecule has 1 aromatic rings. The molecule has 0 aliphatic heterocycles. The van der Waals surface area contributed by atoms with E-state index >= 15 is 0 Å². The van der Waals surface area contributed by atoms with Crippen molar-refractivity contribution in [2.75, 3.05) is 18.4 Å². The molecule has 0 unspecified atom stereocenters. The van der Waals surface area contributed by atoms with E-state index in [1.54, 1.807) is 6.08 Å². The van der Waals surface area contributed by atoms with Gasteiger partial charge in [0.2, 0.25) is 11.0 Å². The minimum atomic E-state index is -0.156. The van der Waals surface area contributed by atoms with Crippen molar-refractivity contribution in [1.29, 1.82) is 0 Å². The molecule has 0 fully saturated rings. The van der Waals surface area contributed by atoms with Crippen molar-refractivity contribution in [3.8, 4) is 0 Å². The van der Waals surface area contributed by atoms with Gasteiger partial charge in [0.25, 0.3) is 0 Å². The largest absolute Gasteiger partial charge is 0.357 e. The lowest BCUT2D eigenvalue weighted by atomic mass is 10.4. The van der Waals surface area contributed by atoms with E-state index in [0.29, 0.717) is 13.1 Å². The minimum absolute atomic E-state index is 0.0395. The molecule has 0 aliphatic rings. The molecule has 1 heterocycles. The van der Waals surface area contributed by atoms with Crippen LogP contribution in [0.25, 0.3) is 0 Å². The van der Waals surface area contributed by atoms with Crippen LogP contribution in [0.2, 0.25) is 0 Å². The zero-order valence-electron chi connectivity index (χ0n) is 10.6. The van der Waals surface area contributed by atoms with Gasteiger partial charge in [-0.05, 0) is 13.3 Å². The number of rotatable bonds is 8. The van der Waals surface area contributed by atoms with Crippen molar-refractivity contribution in [2.24, 2.45) is 0 Å². The lowest BCUT2D eigenvalue weighted by Crippen LogP contribution is -2.31. The molecule has 7 heteroatoms. The summed E-state index contributed by atoms with van der Waals surface area (Å²) in [5.41, 5.74) is 0. The van der Waals surface area contributed by atoms with Gasteiger partial charge < -0.3 is 10.6 Å². The van der Waals surface area contributed by atoms with E-state index in [4.69, 9.17) is 0 Å². The van der Waals surface area contributed by atoms with Crippen molar-refractivity contribution in [1.82, 2.24) is 15.5 Å². The van der Waals surface area contributed by atoms with Crippen molar-refractivity contribution < 1.29 is 4.79 Å². The Morgan fingerprint density at radius 3 is 3.06 bits per heavy atom. The van der Waals surface area contributed by atoms with Crippen molar-refractivity contribution in [3.05, 3.63) is 12.7 Å². The molecule has 1 rings (SSSR count). The topological polar surface area (TPSA) is 66.9 Å². The maximum Gasteiger partial charge on any atom is 0.233 e. The number of aromatic nitrogens is 2. The Hall–Kier alpha value is -1.08. The van der Waals surface area contributed by atoms with Crippen molar-refractivity contribution in [3.63, 3.8) is 0 Å². The lowest BCUT2D eigenvalue weighted by Gasteiger charge is -2.08. The second-order valence-electron chi connectivity index (χ2n) is 3.59. The Bertz CT molecular complexity index is 394. The monoisotopic (exact) mass is 286 g/mol. The zero-order valence-corrected chi connectivity index (χ0v) is 12.2. The van der Waals surface area contributed by atoms with E-state index < -0.39 is 0 Å². The van der Waals surface area contributed by atoms with Gasteiger partial charge >= 0.3 is 0 Å². The van der Waals surface area contributed by atoms with Crippen LogP contribution in [-0.4, -0.2) is 34.4 Å². The van der Waals surface area contributed by atoms with Gasteiger partial charge in [-0.25, -0.2) is 0 Å². The molecule has 1 atom stereocenters. The van der Waals surface area contributed by atoms with Crippen LogP contribution in [0, 0.1) is 0 Å². The van der Waals surface area contributed by atoms with Crippen LogP contribution in [0.1, 0.15) is 20.3 Å². The number of amides is 1.